The molecule has 1 amide bonds. The number of hydrogen-bond donors (Lipinski definition) is 1. The number of amides is 1. The first-order valence-corrected chi connectivity index (χ1v) is 13.4. The third kappa shape index (κ3) is 5.36. The summed E-state index contributed by atoms with van der Waals surface area (Å²) in [5, 5.41) is 14.3. The number of hydrogen-bond acceptors (Lipinski definition) is 6. The Labute approximate surface area is 212 Å². The molecule has 3 aliphatic heterocycles. The normalized spacial score (nSPS) is 22.0. The minimum Gasteiger partial charge on any atom is -0.418 e. The van der Waals surface area contributed by atoms with Gasteiger partial charge in [-0.15, -0.1) is 10.2 Å². The molecule has 190 valence electrons. The summed E-state index contributed by atoms with van der Waals surface area (Å²) in [6.45, 7) is 4.90. The summed E-state index contributed by atoms with van der Waals surface area (Å²) in [6.07, 6.45) is 7.37. The van der Waals surface area contributed by atoms with Crippen molar-refractivity contribution in [2.45, 2.75) is 70.8 Å². The number of unbranched alkanes of at least 4 members (excludes halogenated alkanes) is 2. The van der Waals surface area contributed by atoms with Crippen LogP contribution in [0.4, 0.5) is 0 Å². The highest BCUT2D eigenvalue weighted by Crippen LogP contribution is 2.41. The van der Waals surface area contributed by atoms with E-state index >= 15 is 0 Å². The number of carbonyl (C=O) groups is 2. The van der Waals surface area contributed by atoms with E-state index in [1.54, 1.807) is 0 Å². The molecular formula is C29H36N4O3. The van der Waals surface area contributed by atoms with Crippen LogP contribution < -0.4 is 5.32 Å². The highest BCUT2D eigenvalue weighted by molar-refractivity contribution is 5.86. The van der Waals surface area contributed by atoms with Gasteiger partial charge in [0.1, 0.15) is 11.8 Å². The van der Waals surface area contributed by atoms with Crippen molar-refractivity contribution in [3.05, 3.63) is 48.4 Å². The number of fused-ring (bicyclic) bond motifs is 4. The van der Waals surface area contributed by atoms with Crippen molar-refractivity contribution in [2.24, 2.45) is 5.41 Å². The smallest absolute Gasteiger partial charge is 0.247 e. The summed E-state index contributed by atoms with van der Waals surface area (Å²) < 4.78 is 6.16. The molecule has 2 bridgehead atoms. The highest BCUT2D eigenvalue weighted by Gasteiger charge is 2.45. The Morgan fingerprint density at radius 1 is 1.00 bits per heavy atom. The molecule has 0 radical (unpaired) electrons. The van der Waals surface area contributed by atoms with Gasteiger partial charge in [-0.05, 0) is 74.6 Å². The van der Waals surface area contributed by atoms with Gasteiger partial charge >= 0.3 is 0 Å². The third-order valence-corrected chi connectivity index (χ3v) is 8.08. The zero-order valence-corrected chi connectivity index (χ0v) is 21.2. The first kappa shape index (κ1) is 24.6. The Hall–Kier alpha value is -3.06. The summed E-state index contributed by atoms with van der Waals surface area (Å²) in [6, 6.07) is 14.0. The van der Waals surface area contributed by atoms with Crippen molar-refractivity contribution in [3.8, 4) is 11.5 Å². The molecule has 7 nitrogen and oxygen atoms in total. The fourth-order valence-corrected chi connectivity index (χ4v) is 5.57. The second-order valence-corrected chi connectivity index (χ2v) is 10.4. The number of nitrogens with one attached hydrogen (secondary N) is 1. The molecule has 7 heteroatoms. The molecule has 2 aromatic carbocycles. The number of carbonyl (C=O) groups excluding carboxylic acids is 2. The molecule has 0 unspecified atom stereocenters. The third-order valence-electron chi connectivity index (χ3n) is 8.08. The standard InChI is InChI=1S/C29H36N4O3/c1-2-24(34)10-4-3-5-11-25(30-28(35)29-14-17-33(18-15-29)19-16-29)27-32-31-26(36-27)23-13-12-21-8-6-7-9-22(21)20-23/h6-9,12-13,20,25H,2-5,10-11,14-19H2,1H3,(H,30,35)/t25-/m0/s1. The lowest BCUT2D eigenvalue weighted by atomic mass is 9.71. The summed E-state index contributed by atoms with van der Waals surface area (Å²) in [5.74, 6) is 1.35. The lowest BCUT2D eigenvalue weighted by Crippen LogP contribution is -2.55. The van der Waals surface area contributed by atoms with E-state index in [9.17, 15) is 9.59 Å². The van der Waals surface area contributed by atoms with E-state index in [0.29, 0.717) is 36.8 Å². The minimum atomic E-state index is -0.324. The van der Waals surface area contributed by atoms with Crippen molar-refractivity contribution in [3.63, 3.8) is 0 Å². The molecule has 1 N–H and O–H groups in total. The molecular weight excluding hydrogens is 452 g/mol. The number of benzene rings is 2. The summed E-state index contributed by atoms with van der Waals surface area (Å²) in [5.41, 5.74) is 0.593. The largest absolute Gasteiger partial charge is 0.418 e. The first-order valence-electron chi connectivity index (χ1n) is 13.4. The van der Waals surface area contributed by atoms with E-state index in [4.69, 9.17) is 4.42 Å². The van der Waals surface area contributed by atoms with Gasteiger partial charge in [-0.1, -0.05) is 50.1 Å². The van der Waals surface area contributed by atoms with E-state index in [-0.39, 0.29) is 17.4 Å². The summed E-state index contributed by atoms with van der Waals surface area (Å²) in [4.78, 5) is 27.6. The molecule has 4 heterocycles. The number of rotatable bonds is 11. The van der Waals surface area contributed by atoms with Crippen LogP contribution in [0.2, 0.25) is 0 Å². The Morgan fingerprint density at radius 2 is 1.75 bits per heavy atom. The van der Waals surface area contributed by atoms with Crippen LogP contribution in [-0.2, 0) is 9.59 Å². The van der Waals surface area contributed by atoms with Gasteiger partial charge in [-0.25, -0.2) is 0 Å². The van der Waals surface area contributed by atoms with E-state index in [2.05, 4.69) is 44.7 Å². The zero-order chi connectivity index (χ0) is 25.0. The van der Waals surface area contributed by atoms with E-state index in [1.165, 1.54) is 0 Å². The fourth-order valence-electron chi connectivity index (χ4n) is 5.57. The quantitative estimate of drug-likeness (QED) is 0.361. The Bertz CT molecular complexity index is 1200. The topological polar surface area (TPSA) is 88.3 Å². The van der Waals surface area contributed by atoms with Gasteiger partial charge in [0, 0.05) is 18.4 Å². The molecule has 3 aliphatic rings. The lowest BCUT2D eigenvalue weighted by Gasteiger charge is -2.47. The minimum absolute atomic E-state index is 0.124. The van der Waals surface area contributed by atoms with Gasteiger partial charge in [0.05, 0.1) is 5.41 Å². The van der Waals surface area contributed by atoms with Crippen molar-refractivity contribution in [2.75, 3.05) is 19.6 Å². The molecule has 36 heavy (non-hydrogen) atoms. The second-order valence-electron chi connectivity index (χ2n) is 10.4. The second kappa shape index (κ2) is 10.9. The zero-order valence-electron chi connectivity index (χ0n) is 21.2. The molecule has 1 aromatic heterocycles. The molecule has 1 atom stereocenters. The first-order chi connectivity index (χ1) is 17.6. The fraction of sp³-hybridized carbons (Fsp3) is 0.517. The molecule has 6 rings (SSSR count). The molecule has 0 saturated carbocycles. The molecule has 3 fully saturated rings. The number of nitrogens with zero attached hydrogens (tertiary/aromatic N) is 3. The number of Topliss-reactive ketones (excluding diaryl/α,β-unsaturated/α-hetero) is 1. The van der Waals surface area contributed by atoms with E-state index in [0.717, 1.165) is 74.5 Å². The van der Waals surface area contributed by atoms with Crippen LogP contribution in [0.3, 0.4) is 0 Å². The van der Waals surface area contributed by atoms with Crippen LogP contribution in [0.15, 0.2) is 46.9 Å². The number of ketones is 1. The molecule has 3 saturated heterocycles. The van der Waals surface area contributed by atoms with Crippen molar-refractivity contribution < 1.29 is 14.0 Å². The van der Waals surface area contributed by atoms with E-state index in [1.807, 2.05) is 25.1 Å². The average molecular weight is 489 g/mol. The predicted octanol–water partition coefficient (Wildman–Crippen LogP) is 5.46. The maximum absolute atomic E-state index is 13.5. The monoisotopic (exact) mass is 488 g/mol. The number of piperidine rings is 3. The van der Waals surface area contributed by atoms with Gasteiger partial charge in [0.2, 0.25) is 17.7 Å². The van der Waals surface area contributed by atoms with Crippen LogP contribution in [0.25, 0.3) is 22.2 Å². The van der Waals surface area contributed by atoms with Gasteiger partial charge in [0.15, 0.2) is 0 Å². The van der Waals surface area contributed by atoms with Gasteiger partial charge in [0.25, 0.3) is 0 Å². The predicted molar refractivity (Wildman–Crippen MR) is 139 cm³/mol. The van der Waals surface area contributed by atoms with Gasteiger partial charge < -0.3 is 14.6 Å². The maximum atomic E-state index is 13.5. The Kier molecular flexibility index (Phi) is 7.46. The van der Waals surface area contributed by atoms with Crippen molar-refractivity contribution in [1.82, 2.24) is 20.4 Å². The average Bonchev–Trinajstić information content (AvgIpc) is 3.43. The van der Waals surface area contributed by atoms with Gasteiger partial charge in [-0.2, -0.15) is 0 Å². The Morgan fingerprint density at radius 3 is 2.50 bits per heavy atom. The van der Waals surface area contributed by atoms with Crippen molar-refractivity contribution in [1.29, 1.82) is 0 Å². The lowest BCUT2D eigenvalue weighted by molar-refractivity contribution is -0.139. The summed E-state index contributed by atoms with van der Waals surface area (Å²) in [7, 11) is 0. The van der Waals surface area contributed by atoms with E-state index < -0.39 is 0 Å². The highest BCUT2D eigenvalue weighted by atomic mass is 16.4. The van der Waals surface area contributed by atoms with Crippen LogP contribution >= 0.6 is 0 Å². The van der Waals surface area contributed by atoms with Crippen LogP contribution in [0.5, 0.6) is 0 Å². The molecule has 0 aliphatic carbocycles. The maximum Gasteiger partial charge on any atom is 0.247 e. The van der Waals surface area contributed by atoms with Gasteiger partial charge in [-0.3, -0.25) is 9.59 Å². The van der Waals surface area contributed by atoms with Crippen LogP contribution in [0, 0.1) is 5.41 Å². The molecule has 3 aromatic rings. The number of aromatic nitrogens is 2. The Balaban J connectivity index is 1.31. The molecule has 0 spiro atoms. The van der Waals surface area contributed by atoms with Crippen LogP contribution in [0.1, 0.15) is 76.6 Å². The van der Waals surface area contributed by atoms with Crippen molar-refractivity contribution >= 4 is 22.5 Å². The summed E-state index contributed by atoms with van der Waals surface area (Å²) >= 11 is 0. The van der Waals surface area contributed by atoms with Crippen LogP contribution in [-0.4, -0.2) is 46.4 Å². The SMILES string of the molecule is CCC(=O)CCCCC[C@H](NC(=O)C12CCN(CC1)CC2)c1nnc(-c2ccc3ccccc3c2)o1.